The van der Waals surface area contributed by atoms with Gasteiger partial charge in [0.25, 0.3) is 0 Å². The van der Waals surface area contributed by atoms with E-state index in [1.807, 2.05) is 57.3 Å². The predicted octanol–water partition coefficient (Wildman–Crippen LogP) is 3.88. The first-order chi connectivity index (χ1) is 15.0. The van der Waals surface area contributed by atoms with Crippen LogP contribution in [0.2, 0.25) is 0 Å². The highest BCUT2D eigenvalue weighted by Crippen LogP contribution is 2.20. The number of nitrogens with zero attached hydrogens (tertiary/aromatic N) is 3. The summed E-state index contributed by atoms with van der Waals surface area (Å²) in [7, 11) is 0. The van der Waals surface area contributed by atoms with Crippen LogP contribution in [0.25, 0.3) is 0 Å². The minimum absolute atomic E-state index is 0. The molecule has 0 amide bonds. The van der Waals surface area contributed by atoms with Gasteiger partial charge in [-0.1, -0.05) is 12.1 Å². The Labute approximate surface area is 208 Å². The van der Waals surface area contributed by atoms with Gasteiger partial charge >= 0.3 is 0 Å². The number of aliphatic hydroxyl groups excluding tert-OH is 1. The van der Waals surface area contributed by atoms with Crippen LogP contribution in [0, 0.1) is 0 Å². The molecular formula is C24H36IN5O2. The summed E-state index contributed by atoms with van der Waals surface area (Å²) in [6, 6.07) is 11.7. The second kappa shape index (κ2) is 13.5. The number of aliphatic imine (C=N–C) groups is 1. The largest absolute Gasteiger partial charge is 0.491 e. The van der Waals surface area contributed by atoms with Gasteiger partial charge in [0.1, 0.15) is 11.6 Å². The van der Waals surface area contributed by atoms with Crippen LogP contribution in [0.15, 0.2) is 47.6 Å². The van der Waals surface area contributed by atoms with E-state index >= 15 is 0 Å². The molecule has 1 atom stereocenters. The number of anilines is 1. The van der Waals surface area contributed by atoms with E-state index < -0.39 is 6.10 Å². The molecular weight excluding hydrogens is 517 g/mol. The molecule has 0 radical (unpaired) electrons. The van der Waals surface area contributed by atoms with E-state index in [4.69, 9.17) is 4.74 Å². The second-order valence-corrected chi connectivity index (χ2v) is 8.05. The molecule has 1 unspecified atom stereocenters. The highest BCUT2D eigenvalue weighted by molar-refractivity contribution is 14.0. The minimum Gasteiger partial charge on any atom is -0.491 e. The van der Waals surface area contributed by atoms with E-state index in [1.54, 1.807) is 0 Å². The number of benzene rings is 1. The number of aromatic nitrogens is 1. The SMILES string of the molecule is CCNC(=NCc1ccnc(N2CCCC2)c1)NCC(O)c1cccc(OC(C)C)c1.I. The fraction of sp³-hybridized carbons (Fsp3) is 0.500. The topological polar surface area (TPSA) is 82.0 Å². The van der Waals surface area contributed by atoms with E-state index in [0.29, 0.717) is 19.0 Å². The third-order valence-electron chi connectivity index (χ3n) is 5.08. The summed E-state index contributed by atoms with van der Waals surface area (Å²) in [4.78, 5) is 11.5. The molecule has 2 aromatic rings. The molecule has 3 rings (SSSR count). The van der Waals surface area contributed by atoms with E-state index in [0.717, 1.165) is 42.3 Å². The quantitative estimate of drug-likeness (QED) is 0.249. The number of aliphatic hydroxyl groups is 1. The Morgan fingerprint density at radius 3 is 2.69 bits per heavy atom. The molecule has 2 heterocycles. The zero-order valence-corrected chi connectivity index (χ0v) is 21.6. The summed E-state index contributed by atoms with van der Waals surface area (Å²) in [5.41, 5.74) is 1.93. The zero-order chi connectivity index (χ0) is 22.1. The fourth-order valence-electron chi connectivity index (χ4n) is 3.57. The average molecular weight is 553 g/mol. The minimum atomic E-state index is -0.665. The third-order valence-corrected chi connectivity index (χ3v) is 5.08. The number of halogens is 1. The van der Waals surface area contributed by atoms with Crippen molar-refractivity contribution in [3.63, 3.8) is 0 Å². The van der Waals surface area contributed by atoms with Crippen LogP contribution in [0.4, 0.5) is 5.82 Å². The molecule has 1 saturated heterocycles. The molecule has 32 heavy (non-hydrogen) atoms. The molecule has 0 bridgehead atoms. The predicted molar refractivity (Wildman–Crippen MR) is 141 cm³/mol. The Kier molecular flexibility index (Phi) is 11.0. The maximum atomic E-state index is 10.6. The van der Waals surface area contributed by atoms with Crippen molar-refractivity contribution in [2.45, 2.75) is 52.4 Å². The van der Waals surface area contributed by atoms with E-state index in [1.165, 1.54) is 12.8 Å². The number of rotatable bonds is 9. The van der Waals surface area contributed by atoms with Crippen LogP contribution >= 0.6 is 24.0 Å². The summed E-state index contributed by atoms with van der Waals surface area (Å²) >= 11 is 0. The molecule has 1 aliphatic rings. The summed E-state index contributed by atoms with van der Waals surface area (Å²) < 4.78 is 5.73. The van der Waals surface area contributed by atoms with Gasteiger partial charge in [0.05, 0.1) is 18.8 Å². The fourth-order valence-corrected chi connectivity index (χ4v) is 3.57. The molecule has 0 aliphatic carbocycles. The number of hydrogen-bond acceptors (Lipinski definition) is 5. The van der Waals surface area contributed by atoms with Crippen LogP contribution in [-0.2, 0) is 6.54 Å². The summed E-state index contributed by atoms with van der Waals surface area (Å²) in [5, 5.41) is 17.1. The van der Waals surface area contributed by atoms with Gasteiger partial charge in [0.2, 0.25) is 0 Å². The molecule has 1 aromatic heterocycles. The standard InChI is InChI=1S/C24H35N5O2.HI/c1-4-25-24(27-16-19-10-11-26-23(14-19)29-12-5-6-13-29)28-17-22(30)20-8-7-9-21(15-20)31-18(2)3;/h7-11,14-15,18,22,30H,4-6,12-13,16-17H2,1-3H3,(H2,25,27,28);1H. The lowest BCUT2D eigenvalue weighted by Gasteiger charge is -2.18. The van der Waals surface area contributed by atoms with Crippen molar-refractivity contribution in [2.75, 3.05) is 31.1 Å². The first-order valence-corrected chi connectivity index (χ1v) is 11.2. The van der Waals surface area contributed by atoms with Gasteiger partial charge in [-0.3, -0.25) is 0 Å². The lowest BCUT2D eigenvalue weighted by atomic mass is 10.1. The van der Waals surface area contributed by atoms with Crippen molar-refractivity contribution in [3.8, 4) is 5.75 Å². The first kappa shape index (κ1) is 26.2. The van der Waals surface area contributed by atoms with E-state index in [2.05, 4.69) is 31.6 Å². The lowest BCUT2D eigenvalue weighted by molar-refractivity contribution is 0.179. The smallest absolute Gasteiger partial charge is 0.191 e. The Hall–Kier alpha value is -2.07. The number of pyridine rings is 1. The number of ether oxygens (including phenoxy) is 1. The van der Waals surface area contributed by atoms with Crippen molar-refractivity contribution in [2.24, 2.45) is 4.99 Å². The molecule has 0 spiro atoms. The van der Waals surface area contributed by atoms with Gasteiger partial charge in [0.15, 0.2) is 5.96 Å². The Bertz CT molecular complexity index is 856. The van der Waals surface area contributed by atoms with Gasteiger partial charge in [0, 0.05) is 32.4 Å². The van der Waals surface area contributed by atoms with Gasteiger partial charge in [-0.15, -0.1) is 24.0 Å². The Morgan fingerprint density at radius 2 is 1.97 bits per heavy atom. The highest BCUT2D eigenvalue weighted by atomic mass is 127. The Balaban J connectivity index is 0.00000363. The van der Waals surface area contributed by atoms with Crippen molar-refractivity contribution >= 4 is 35.8 Å². The molecule has 3 N–H and O–H groups in total. The molecule has 1 aromatic carbocycles. The maximum Gasteiger partial charge on any atom is 0.191 e. The monoisotopic (exact) mass is 553 g/mol. The number of nitrogens with one attached hydrogen (secondary N) is 2. The van der Waals surface area contributed by atoms with Crippen molar-refractivity contribution in [1.29, 1.82) is 0 Å². The summed E-state index contributed by atoms with van der Waals surface area (Å²) in [5.74, 6) is 2.47. The van der Waals surface area contributed by atoms with Crippen molar-refractivity contribution in [1.82, 2.24) is 15.6 Å². The van der Waals surface area contributed by atoms with Crippen LogP contribution in [0.1, 0.15) is 50.8 Å². The van der Waals surface area contributed by atoms with Crippen LogP contribution in [0.3, 0.4) is 0 Å². The van der Waals surface area contributed by atoms with Crippen LogP contribution in [-0.4, -0.2) is 48.3 Å². The van der Waals surface area contributed by atoms with Gasteiger partial charge in [-0.2, -0.15) is 0 Å². The number of hydrogen-bond donors (Lipinski definition) is 3. The molecule has 176 valence electrons. The molecule has 0 saturated carbocycles. The van der Waals surface area contributed by atoms with E-state index in [9.17, 15) is 5.11 Å². The number of guanidine groups is 1. The van der Waals surface area contributed by atoms with Crippen LogP contribution < -0.4 is 20.3 Å². The first-order valence-electron chi connectivity index (χ1n) is 11.2. The van der Waals surface area contributed by atoms with Crippen LogP contribution in [0.5, 0.6) is 5.75 Å². The second-order valence-electron chi connectivity index (χ2n) is 8.05. The maximum absolute atomic E-state index is 10.6. The van der Waals surface area contributed by atoms with Gasteiger partial charge in [-0.25, -0.2) is 9.98 Å². The van der Waals surface area contributed by atoms with Gasteiger partial charge in [-0.05, 0) is 69.0 Å². The van der Waals surface area contributed by atoms with Gasteiger partial charge < -0.3 is 25.4 Å². The zero-order valence-electron chi connectivity index (χ0n) is 19.3. The molecule has 1 fully saturated rings. The normalized spacial score (nSPS) is 14.8. The van der Waals surface area contributed by atoms with Crippen molar-refractivity contribution < 1.29 is 9.84 Å². The lowest BCUT2D eigenvalue weighted by Crippen LogP contribution is -2.39. The van der Waals surface area contributed by atoms with Crippen molar-refractivity contribution in [3.05, 3.63) is 53.7 Å². The summed E-state index contributed by atoms with van der Waals surface area (Å²) in [6.07, 6.45) is 3.75. The third kappa shape index (κ3) is 8.12. The molecule has 7 nitrogen and oxygen atoms in total. The average Bonchev–Trinajstić information content (AvgIpc) is 3.30. The highest BCUT2D eigenvalue weighted by Gasteiger charge is 2.14. The molecule has 8 heteroatoms. The molecule has 1 aliphatic heterocycles. The summed E-state index contributed by atoms with van der Waals surface area (Å²) in [6.45, 7) is 9.80. The van der Waals surface area contributed by atoms with E-state index in [-0.39, 0.29) is 30.1 Å². The Morgan fingerprint density at radius 1 is 1.19 bits per heavy atom.